The third-order valence-corrected chi connectivity index (χ3v) is 8.61. The van der Waals surface area contributed by atoms with Crippen LogP contribution in [-0.2, 0) is 39.3 Å². The first-order valence-corrected chi connectivity index (χ1v) is 16.1. The number of hydrogen-bond acceptors (Lipinski definition) is 1. The van der Waals surface area contributed by atoms with Crippen LogP contribution in [0.4, 0.5) is 0 Å². The Morgan fingerprint density at radius 3 is 0.978 bits per heavy atom. The van der Waals surface area contributed by atoms with E-state index in [-0.39, 0.29) is 0 Å². The van der Waals surface area contributed by atoms with Crippen molar-refractivity contribution in [2.24, 2.45) is 0 Å². The number of hydrogen-bond donors (Lipinski definition) is 1. The molecule has 4 rings (SSSR count). The molecule has 0 saturated carbocycles. The molecule has 0 aliphatic rings. The fourth-order valence-electron chi connectivity index (χ4n) is 6.51. The van der Waals surface area contributed by atoms with E-state index in [0.717, 1.165) is 80.5 Å². The highest BCUT2D eigenvalue weighted by Gasteiger charge is 2.27. The average molecular weight is 617 g/mol. The van der Waals surface area contributed by atoms with E-state index in [1.807, 2.05) is 18.2 Å². The van der Waals surface area contributed by atoms with Crippen molar-refractivity contribution < 1.29 is 18.6 Å². The van der Waals surface area contributed by atoms with Crippen molar-refractivity contribution in [3.05, 3.63) is 155 Å². The maximum Gasteiger partial charge on any atom is 0.133 e. The molecule has 0 atom stereocenters. The monoisotopic (exact) mass is 616 g/mol. The van der Waals surface area contributed by atoms with Crippen LogP contribution in [0.3, 0.4) is 0 Å². The van der Waals surface area contributed by atoms with Crippen molar-refractivity contribution in [2.45, 2.75) is 39.3 Å². The highest BCUT2D eigenvalue weighted by Crippen LogP contribution is 2.32. The predicted octanol–water partition coefficient (Wildman–Crippen LogP) is 8.65. The van der Waals surface area contributed by atoms with Crippen LogP contribution >= 0.6 is 0 Å². The minimum atomic E-state index is 0.426. The maximum absolute atomic E-state index is 11.8. The van der Waals surface area contributed by atoms with Gasteiger partial charge in [-0.05, 0) is 28.8 Å². The summed E-state index contributed by atoms with van der Waals surface area (Å²) in [5, 5.41) is 11.8. The number of phenols is 1. The van der Waals surface area contributed by atoms with Crippen LogP contribution in [0, 0.1) is 0 Å². The minimum absolute atomic E-state index is 0.426. The molecule has 4 aromatic carbocycles. The van der Waals surface area contributed by atoms with E-state index in [1.54, 1.807) is 0 Å². The molecule has 0 aromatic heterocycles. The summed E-state index contributed by atoms with van der Waals surface area (Å²) >= 11 is 0. The van der Waals surface area contributed by atoms with Crippen LogP contribution in [0.25, 0.3) is 18.2 Å². The van der Waals surface area contributed by atoms with Gasteiger partial charge in [-0.2, -0.15) is 0 Å². The highest BCUT2D eigenvalue weighted by atomic mass is 16.3. The van der Waals surface area contributed by atoms with Crippen LogP contribution in [0.2, 0.25) is 0 Å². The molecule has 4 heteroatoms. The van der Waals surface area contributed by atoms with E-state index in [4.69, 9.17) is 0 Å². The lowest BCUT2D eigenvalue weighted by atomic mass is 10.00. The molecule has 0 heterocycles. The molecular formula is C42H54N3O+3. The largest absolute Gasteiger partial charge is 0.507 e. The third-order valence-electron chi connectivity index (χ3n) is 8.61. The number of nitrogens with zero attached hydrogens (tertiary/aromatic N) is 3. The molecule has 0 radical (unpaired) electrons. The smallest absolute Gasteiger partial charge is 0.133 e. The average Bonchev–Trinajstić information content (AvgIpc) is 2.99. The van der Waals surface area contributed by atoms with Gasteiger partial charge in [0.2, 0.25) is 0 Å². The van der Waals surface area contributed by atoms with E-state index in [0.29, 0.717) is 5.75 Å². The summed E-state index contributed by atoms with van der Waals surface area (Å²) in [5.74, 6) is 0.426. The van der Waals surface area contributed by atoms with Crippen molar-refractivity contribution in [2.75, 3.05) is 42.3 Å². The second-order valence-electron chi connectivity index (χ2n) is 14.9. The van der Waals surface area contributed by atoms with Gasteiger partial charge in [-0.3, -0.25) is 0 Å². The summed E-state index contributed by atoms with van der Waals surface area (Å²) in [4.78, 5) is 0. The highest BCUT2D eigenvalue weighted by molar-refractivity contribution is 5.48. The van der Waals surface area contributed by atoms with Crippen molar-refractivity contribution in [1.82, 2.24) is 0 Å². The molecule has 0 aliphatic heterocycles. The molecule has 0 fully saturated rings. The van der Waals surface area contributed by atoms with Gasteiger partial charge in [-0.15, -0.1) is 0 Å². The van der Waals surface area contributed by atoms with Gasteiger partial charge in [0.05, 0.1) is 42.3 Å². The number of quaternary nitrogens is 3. The fourth-order valence-corrected chi connectivity index (χ4v) is 6.51. The summed E-state index contributed by atoms with van der Waals surface area (Å²) in [6.45, 7) is 16.6. The van der Waals surface area contributed by atoms with E-state index in [9.17, 15) is 5.11 Å². The molecule has 1 N–H and O–H groups in total. The van der Waals surface area contributed by atoms with E-state index >= 15 is 0 Å². The van der Waals surface area contributed by atoms with Crippen molar-refractivity contribution in [3.8, 4) is 5.75 Å². The molecule has 0 unspecified atom stereocenters. The SMILES string of the molecule is C=Cc1ccc(C[N+](C)(C)Cc2cc(C[N+](C)(C)Cc3ccc(C=C)cc3)c(O)c(C[N+](C)(C)Cc3ccc(C=C)cc3)c2)cc1. The number of rotatable bonds is 15. The first-order chi connectivity index (χ1) is 21.7. The quantitative estimate of drug-likeness (QED) is 0.133. The Hall–Kier alpha value is -4.22. The van der Waals surface area contributed by atoms with Crippen LogP contribution < -0.4 is 0 Å². The van der Waals surface area contributed by atoms with Crippen LogP contribution in [0.1, 0.15) is 50.1 Å². The Kier molecular flexibility index (Phi) is 10.9. The Labute approximate surface area is 278 Å². The summed E-state index contributed by atoms with van der Waals surface area (Å²) in [6.07, 6.45) is 5.64. The molecule has 46 heavy (non-hydrogen) atoms. The van der Waals surface area contributed by atoms with Gasteiger partial charge < -0.3 is 18.6 Å². The van der Waals surface area contributed by atoms with Crippen LogP contribution in [0.15, 0.2) is 105 Å². The zero-order valence-corrected chi connectivity index (χ0v) is 29.0. The summed E-state index contributed by atoms with van der Waals surface area (Å²) in [5.41, 5.74) is 10.5. The first kappa shape index (κ1) is 34.6. The lowest BCUT2D eigenvalue weighted by Gasteiger charge is -2.34. The second-order valence-corrected chi connectivity index (χ2v) is 14.9. The van der Waals surface area contributed by atoms with Gasteiger partial charge in [0.25, 0.3) is 0 Å². The fraction of sp³-hybridized carbons (Fsp3) is 0.286. The Bertz CT molecular complexity index is 1550. The molecule has 4 nitrogen and oxygen atoms in total. The number of phenolic OH excluding ortho intramolecular Hbond substituents is 1. The lowest BCUT2D eigenvalue weighted by Crippen LogP contribution is -2.40. The summed E-state index contributed by atoms with van der Waals surface area (Å²) in [6, 6.07) is 30.4. The Balaban J connectivity index is 1.64. The summed E-state index contributed by atoms with van der Waals surface area (Å²) in [7, 11) is 13.5. The van der Waals surface area contributed by atoms with Crippen molar-refractivity contribution in [3.63, 3.8) is 0 Å². The van der Waals surface area contributed by atoms with E-state index in [2.05, 4.69) is 147 Å². The van der Waals surface area contributed by atoms with Gasteiger partial charge in [0.1, 0.15) is 45.0 Å². The molecule has 240 valence electrons. The zero-order chi connectivity index (χ0) is 33.5. The van der Waals surface area contributed by atoms with Crippen LogP contribution in [-0.4, -0.2) is 60.8 Å². The third kappa shape index (κ3) is 9.89. The van der Waals surface area contributed by atoms with E-state index < -0.39 is 0 Å². The molecule has 0 aliphatic carbocycles. The topological polar surface area (TPSA) is 20.2 Å². The Morgan fingerprint density at radius 1 is 0.435 bits per heavy atom. The van der Waals surface area contributed by atoms with Gasteiger partial charge in [-0.25, -0.2) is 0 Å². The predicted molar refractivity (Wildman–Crippen MR) is 196 cm³/mol. The van der Waals surface area contributed by atoms with Gasteiger partial charge >= 0.3 is 0 Å². The van der Waals surface area contributed by atoms with Crippen molar-refractivity contribution in [1.29, 1.82) is 0 Å². The van der Waals surface area contributed by atoms with Gasteiger partial charge in [0.15, 0.2) is 0 Å². The normalized spacial score (nSPS) is 12.1. The van der Waals surface area contributed by atoms with Gasteiger partial charge in [0, 0.05) is 33.4 Å². The Morgan fingerprint density at radius 2 is 0.696 bits per heavy atom. The van der Waals surface area contributed by atoms with Crippen molar-refractivity contribution >= 4 is 18.2 Å². The molecule has 0 bridgehead atoms. The molecule has 0 saturated heterocycles. The maximum atomic E-state index is 11.8. The first-order valence-electron chi connectivity index (χ1n) is 16.1. The minimum Gasteiger partial charge on any atom is -0.507 e. The lowest BCUT2D eigenvalue weighted by molar-refractivity contribution is -0.918. The molecule has 4 aromatic rings. The van der Waals surface area contributed by atoms with Crippen LogP contribution in [0.5, 0.6) is 5.75 Å². The van der Waals surface area contributed by atoms with E-state index in [1.165, 1.54) is 22.3 Å². The summed E-state index contributed by atoms with van der Waals surface area (Å²) < 4.78 is 2.26. The molecule has 0 spiro atoms. The second kappa shape index (κ2) is 14.5. The number of aromatic hydroxyl groups is 1. The number of benzene rings is 4. The zero-order valence-electron chi connectivity index (χ0n) is 29.0. The van der Waals surface area contributed by atoms with Gasteiger partial charge in [-0.1, -0.05) is 111 Å². The molecular weight excluding hydrogens is 562 g/mol. The molecule has 0 amide bonds. The standard InChI is InChI=1S/C42H53N3O/c1-10-33-13-19-36(20-14-33)27-43(4,5)30-39-25-40(31-44(6,7)28-37-21-15-34(11-2)16-22-37)42(46)41(26-39)32-45(8,9)29-38-23-17-35(12-3)18-24-38/h10-26H,1-3,27-32H2,4-9H3/q+2/p+1.